The molecule has 28 heavy (non-hydrogen) atoms. The summed E-state index contributed by atoms with van der Waals surface area (Å²) in [5.41, 5.74) is 1.56. The molecule has 0 radical (unpaired) electrons. The number of carbonyl (C=O) groups excluding carboxylic acids is 2. The number of nitrogens with zero attached hydrogens (tertiary/aromatic N) is 2. The second-order valence-electron chi connectivity index (χ2n) is 6.69. The first kappa shape index (κ1) is 19.9. The van der Waals surface area contributed by atoms with E-state index in [1.54, 1.807) is 12.4 Å². The van der Waals surface area contributed by atoms with E-state index in [9.17, 15) is 18.4 Å². The van der Waals surface area contributed by atoms with Crippen LogP contribution in [-0.4, -0.2) is 47.4 Å². The normalized spacial score (nSPS) is 17.2. The van der Waals surface area contributed by atoms with Crippen LogP contribution in [0.15, 0.2) is 42.7 Å². The number of aromatic nitrogens is 1. The zero-order valence-corrected chi connectivity index (χ0v) is 15.3. The minimum absolute atomic E-state index is 0.00253. The van der Waals surface area contributed by atoms with Crippen LogP contribution in [0.3, 0.4) is 0 Å². The van der Waals surface area contributed by atoms with Gasteiger partial charge in [0.15, 0.2) is 11.6 Å². The molecule has 1 aliphatic heterocycles. The second kappa shape index (κ2) is 9.36. The van der Waals surface area contributed by atoms with Gasteiger partial charge in [0.1, 0.15) is 0 Å². The average Bonchev–Trinajstić information content (AvgIpc) is 2.68. The van der Waals surface area contributed by atoms with Crippen molar-refractivity contribution in [2.75, 3.05) is 19.6 Å². The molecular weight excluding hydrogens is 366 g/mol. The number of piperazine rings is 1. The van der Waals surface area contributed by atoms with Crippen molar-refractivity contribution < 1.29 is 18.4 Å². The summed E-state index contributed by atoms with van der Waals surface area (Å²) >= 11 is 0. The molecule has 2 N–H and O–H groups in total. The number of halogens is 2. The molecule has 1 fully saturated rings. The maximum atomic E-state index is 13.5. The van der Waals surface area contributed by atoms with E-state index in [2.05, 4.69) is 15.6 Å². The van der Waals surface area contributed by atoms with E-state index in [0.717, 1.165) is 17.7 Å². The highest BCUT2D eigenvalue weighted by Gasteiger charge is 2.31. The van der Waals surface area contributed by atoms with Crippen molar-refractivity contribution in [1.29, 1.82) is 0 Å². The first-order valence-electron chi connectivity index (χ1n) is 9.14. The average molecular weight is 388 g/mol. The molecule has 0 spiro atoms. The van der Waals surface area contributed by atoms with Crippen molar-refractivity contribution in [1.82, 2.24) is 20.5 Å². The first-order valence-corrected chi connectivity index (χ1v) is 9.14. The third kappa shape index (κ3) is 5.32. The number of carbonyl (C=O) groups is 2. The fraction of sp³-hybridized carbons (Fsp3) is 0.350. The molecular formula is C20H22F2N4O2. The van der Waals surface area contributed by atoms with Crippen LogP contribution in [0.4, 0.5) is 8.78 Å². The Morgan fingerprint density at radius 2 is 2.11 bits per heavy atom. The second-order valence-corrected chi connectivity index (χ2v) is 6.69. The minimum atomic E-state index is -0.927. The highest BCUT2D eigenvalue weighted by Crippen LogP contribution is 2.16. The van der Waals surface area contributed by atoms with Crippen LogP contribution in [0.25, 0.3) is 0 Å². The smallest absolute Gasteiger partial charge is 0.237 e. The van der Waals surface area contributed by atoms with Gasteiger partial charge in [0.05, 0.1) is 12.5 Å². The van der Waals surface area contributed by atoms with E-state index in [-0.39, 0.29) is 24.8 Å². The predicted molar refractivity (Wildman–Crippen MR) is 99.1 cm³/mol. The highest BCUT2D eigenvalue weighted by molar-refractivity contribution is 5.88. The zero-order chi connectivity index (χ0) is 19.9. The molecule has 1 saturated heterocycles. The van der Waals surface area contributed by atoms with Gasteiger partial charge < -0.3 is 10.6 Å². The predicted octanol–water partition coefficient (Wildman–Crippen LogP) is 1.41. The number of nitrogens with one attached hydrogen (secondary N) is 2. The Morgan fingerprint density at radius 3 is 2.86 bits per heavy atom. The molecule has 0 unspecified atom stereocenters. The van der Waals surface area contributed by atoms with Crippen LogP contribution in [0.2, 0.25) is 0 Å². The SMILES string of the molecule is O=C(C[C@@H]1C(=O)NCCN1Cc1ccc(F)c(F)c1)NCCc1cccnc1. The molecule has 1 aromatic heterocycles. The topological polar surface area (TPSA) is 74.3 Å². The molecule has 2 amide bonds. The van der Waals surface area contributed by atoms with Crippen LogP contribution < -0.4 is 10.6 Å². The fourth-order valence-corrected chi connectivity index (χ4v) is 3.19. The number of hydrogen-bond donors (Lipinski definition) is 2. The monoisotopic (exact) mass is 388 g/mol. The molecule has 1 aromatic carbocycles. The lowest BCUT2D eigenvalue weighted by molar-refractivity contribution is -0.134. The van der Waals surface area contributed by atoms with E-state index < -0.39 is 17.7 Å². The van der Waals surface area contributed by atoms with E-state index in [4.69, 9.17) is 0 Å². The van der Waals surface area contributed by atoms with Crippen molar-refractivity contribution >= 4 is 11.8 Å². The Kier molecular flexibility index (Phi) is 6.65. The molecule has 1 atom stereocenters. The lowest BCUT2D eigenvalue weighted by Gasteiger charge is -2.34. The summed E-state index contributed by atoms with van der Waals surface area (Å²) in [6, 6.07) is 6.77. The summed E-state index contributed by atoms with van der Waals surface area (Å²) in [6.07, 6.45) is 4.08. The van der Waals surface area contributed by atoms with Gasteiger partial charge in [-0.2, -0.15) is 0 Å². The summed E-state index contributed by atoms with van der Waals surface area (Å²) in [5, 5.41) is 5.57. The number of amides is 2. The molecule has 8 heteroatoms. The standard InChI is InChI=1S/C20H22F2N4O2/c21-16-4-3-15(10-17(16)22)13-26-9-8-25-20(28)18(26)11-19(27)24-7-5-14-2-1-6-23-12-14/h1-4,6,10,12,18H,5,7-9,11,13H2,(H,24,27)(H,25,28)/t18-/m1/s1. The lowest BCUT2D eigenvalue weighted by Crippen LogP contribution is -2.56. The van der Waals surface area contributed by atoms with Crippen LogP contribution in [0.5, 0.6) is 0 Å². The van der Waals surface area contributed by atoms with Crippen LogP contribution in [-0.2, 0) is 22.6 Å². The van der Waals surface area contributed by atoms with Gasteiger partial charge in [0.2, 0.25) is 11.8 Å². The van der Waals surface area contributed by atoms with Gasteiger partial charge in [0, 0.05) is 38.6 Å². The zero-order valence-electron chi connectivity index (χ0n) is 15.3. The quantitative estimate of drug-likeness (QED) is 0.752. The molecule has 0 aliphatic carbocycles. The van der Waals surface area contributed by atoms with Crippen molar-refractivity contribution in [3.05, 3.63) is 65.5 Å². The summed E-state index contributed by atoms with van der Waals surface area (Å²) in [5.74, 6) is -2.31. The first-order chi connectivity index (χ1) is 13.5. The van der Waals surface area contributed by atoms with Crippen molar-refractivity contribution in [3.63, 3.8) is 0 Å². The van der Waals surface area contributed by atoms with Gasteiger partial charge in [-0.05, 0) is 35.7 Å². The van der Waals surface area contributed by atoms with Gasteiger partial charge in [0.25, 0.3) is 0 Å². The van der Waals surface area contributed by atoms with Gasteiger partial charge in [-0.1, -0.05) is 12.1 Å². The van der Waals surface area contributed by atoms with Gasteiger partial charge >= 0.3 is 0 Å². The Hall–Kier alpha value is -2.87. The number of benzene rings is 1. The molecule has 148 valence electrons. The molecule has 0 bridgehead atoms. The van der Waals surface area contributed by atoms with Crippen molar-refractivity contribution in [2.24, 2.45) is 0 Å². The molecule has 1 aliphatic rings. The Morgan fingerprint density at radius 1 is 1.25 bits per heavy atom. The van der Waals surface area contributed by atoms with Crippen LogP contribution in [0, 0.1) is 11.6 Å². The van der Waals surface area contributed by atoms with E-state index in [0.29, 0.717) is 31.6 Å². The number of pyridine rings is 1. The van der Waals surface area contributed by atoms with Crippen molar-refractivity contribution in [2.45, 2.75) is 25.4 Å². The molecule has 0 saturated carbocycles. The maximum absolute atomic E-state index is 13.5. The molecule has 3 rings (SSSR count). The van der Waals surface area contributed by atoms with E-state index >= 15 is 0 Å². The Labute approximate surface area is 162 Å². The van der Waals surface area contributed by atoms with E-state index in [1.807, 2.05) is 17.0 Å². The Bertz CT molecular complexity index is 832. The molecule has 6 nitrogen and oxygen atoms in total. The lowest BCUT2D eigenvalue weighted by atomic mass is 10.1. The summed E-state index contributed by atoms with van der Waals surface area (Å²) < 4.78 is 26.6. The summed E-state index contributed by atoms with van der Waals surface area (Å²) in [7, 11) is 0. The van der Waals surface area contributed by atoms with Crippen molar-refractivity contribution in [3.8, 4) is 0 Å². The third-order valence-corrected chi connectivity index (χ3v) is 4.65. The van der Waals surface area contributed by atoms with Crippen LogP contribution >= 0.6 is 0 Å². The number of hydrogen-bond acceptors (Lipinski definition) is 4. The molecule has 2 aromatic rings. The van der Waals surface area contributed by atoms with E-state index in [1.165, 1.54) is 6.07 Å². The van der Waals surface area contributed by atoms with Crippen LogP contribution in [0.1, 0.15) is 17.5 Å². The molecule has 2 heterocycles. The largest absolute Gasteiger partial charge is 0.356 e. The Balaban J connectivity index is 1.56. The summed E-state index contributed by atoms with van der Waals surface area (Å²) in [4.78, 5) is 30.4. The third-order valence-electron chi connectivity index (χ3n) is 4.65. The van der Waals surface area contributed by atoms with Gasteiger partial charge in [-0.25, -0.2) is 8.78 Å². The van der Waals surface area contributed by atoms with Gasteiger partial charge in [-0.15, -0.1) is 0 Å². The fourth-order valence-electron chi connectivity index (χ4n) is 3.19. The van der Waals surface area contributed by atoms with Gasteiger partial charge in [-0.3, -0.25) is 19.5 Å². The number of rotatable bonds is 7. The minimum Gasteiger partial charge on any atom is -0.356 e. The highest BCUT2D eigenvalue weighted by atomic mass is 19.2. The summed E-state index contributed by atoms with van der Waals surface area (Å²) in [6.45, 7) is 1.68. The maximum Gasteiger partial charge on any atom is 0.237 e.